The van der Waals surface area contributed by atoms with E-state index in [9.17, 15) is 9.50 Å². The molecule has 0 radical (unpaired) electrons. The first-order valence-corrected chi connectivity index (χ1v) is 4.66. The maximum atomic E-state index is 12.9. The Balaban J connectivity index is 2.27. The molecule has 1 aromatic rings. The van der Waals surface area contributed by atoms with Crippen LogP contribution in [0.1, 0.15) is 6.42 Å². The van der Waals surface area contributed by atoms with E-state index in [2.05, 4.69) is 0 Å². The third-order valence-electron chi connectivity index (χ3n) is 2.50. The largest absolute Gasteiger partial charge is 0.506 e. The van der Waals surface area contributed by atoms with Crippen LogP contribution in [0.5, 0.6) is 5.75 Å². The normalized spacial score (nSPS) is 21.6. The first-order chi connectivity index (χ1) is 6.66. The topological polar surface area (TPSA) is 49.5 Å². The number of hydrogen-bond acceptors (Lipinski definition) is 3. The molecular formula is C10H13FN2O. The first-order valence-electron chi connectivity index (χ1n) is 4.66. The van der Waals surface area contributed by atoms with E-state index >= 15 is 0 Å². The highest BCUT2D eigenvalue weighted by Crippen LogP contribution is 2.30. The van der Waals surface area contributed by atoms with Crippen molar-refractivity contribution in [3.63, 3.8) is 0 Å². The molecule has 1 aliphatic heterocycles. The number of phenols is 1. The van der Waals surface area contributed by atoms with Crippen molar-refractivity contribution in [2.45, 2.75) is 12.5 Å². The van der Waals surface area contributed by atoms with Crippen LogP contribution in [-0.2, 0) is 0 Å². The third-order valence-corrected chi connectivity index (χ3v) is 2.50. The first kappa shape index (κ1) is 9.27. The average molecular weight is 196 g/mol. The molecule has 1 unspecified atom stereocenters. The minimum atomic E-state index is -0.335. The molecule has 76 valence electrons. The van der Waals surface area contributed by atoms with Gasteiger partial charge in [0.15, 0.2) is 0 Å². The van der Waals surface area contributed by atoms with Crippen molar-refractivity contribution in [1.29, 1.82) is 0 Å². The molecule has 1 fully saturated rings. The summed E-state index contributed by atoms with van der Waals surface area (Å²) in [5, 5.41) is 9.53. The summed E-state index contributed by atoms with van der Waals surface area (Å²) in [4.78, 5) is 1.91. The zero-order chi connectivity index (χ0) is 10.1. The van der Waals surface area contributed by atoms with Gasteiger partial charge in [-0.05, 0) is 18.6 Å². The van der Waals surface area contributed by atoms with E-state index in [4.69, 9.17) is 5.73 Å². The Morgan fingerprint density at radius 1 is 1.50 bits per heavy atom. The molecule has 0 saturated carbocycles. The Bertz CT molecular complexity index is 343. The molecule has 2 rings (SSSR count). The van der Waals surface area contributed by atoms with E-state index in [1.807, 2.05) is 4.90 Å². The quantitative estimate of drug-likeness (QED) is 0.706. The summed E-state index contributed by atoms with van der Waals surface area (Å²) < 4.78 is 12.9. The van der Waals surface area contributed by atoms with Crippen LogP contribution in [0.15, 0.2) is 18.2 Å². The lowest BCUT2D eigenvalue weighted by Gasteiger charge is -2.19. The predicted octanol–water partition coefficient (Wildman–Crippen LogP) is 1.07. The van der Waals surface area contributed by atoms with Crippen LogP contribution >= 0.6 is 0 Å². The van der Waals surface area contributed by atoms with Gasteiger partial charge in [0.1, 0.15) is 11.6 Å². The zero-order valence-electron chi connectivity index (χ0n) is 7.78. The molecule has 1 saturated heterocycles. The molecule has 0 spiro atoms. The van der Waals surface area contributed by atoms with Gasteiger partial charge in [0, 0.05) is 25.2 Å². The molecule has 0 bridgehead atoms. The number of phenolic OH excluding ortho intramolecular Hbond substituents is 1. The standard InChI is InChI=1S/C10H13FN2O/c11-7-1-2-10(14)9(5-7)13-4-3-8(12)6-13/h1-2,5,8,14H,3-4,6,12H2. The Kier molecular flexibility index (Phi) is 2.29. The number of benzene rings is 1. The maximum absolute atomic E-state index is 12.9. The molecule has 1 heterocycles. The lowest BCUT2D eigenvalue weighted by atomic mass is 10.2. The molecular weight excluding hydrogens is 183 g/mol. The van der Waals surface area contributed by atoms with Gasteiger partial charge in [0.05, 0.1) is 5.69 Å². The number of hydrogen-bond donors (Lipinski definition) is 2. The van der Waals surface area contributed by atoms with Gasteiger partial charge in [-0.1, -0.05) is 0 Å². The molecule has 3 nitrogen and oxygen atoms in total. The summed E-state index contributed by atoms with van der Waals surface area (Å²) in [7, 11) is 0. The van der Waals surface area contributed by atoms with Crippen molar-refractivity contribution in [3.05, 3.63) is 24.0 Å². The lowest BCUT2D eigenvalue weighted by molar-refractivity contribution is 0.472. The van der Waals surface area contributed by atoms with Gasteiger partial charge < -0.3 is 15.7 Å². The second-order valence-corrected chi connectivity index (χ2v) is 3.63. The number of nitrogens with zero attached hydrogens (tertiary/aromatic N) is 1. The van der Waals surface area contributed by atoms with Gasteiger partial charge in [0.2, 0.25) is 0 Å². The fraction of sp³-hybridized carbons (Fsp3) is 0.400. The van der Waals surface area contributed by atoms with E-state index in [0.29, 0.717) is 12.2 Å². The molecule has 14 heavy (non-hydrogen) atoms. The highest BCUT2D eigenvalue weighted by molar-refractivity contribution is 5.58. The summed E-state index contributed by atoms with van der Waals surface area (Å²) in [6, 6.07) is 4.08. The predicted molar refractivity (Wildman–Crippen MR) is 52.9 cm³/mol. The van der Waals surface area contributed by atoms with Gasteiger partial charge in [-0.15, -0.1) is 0 Å². The van der Waals surface area contributed by atoms with E-state index in [1.54, 1.807) is 0 Å². The molecule has 4 heteroatoms. The van der Waals surface area contributed by atoms with Crippen LogP contribution in [-0.4, -0.2) is 24.2 Å². The monoisotopic (exact) mass is 196 g/mol. The Hall–Kier alpha value is -1.29. The van der Waals surface area contributed by atoms with Crippen molar-refractivity contribution in [2.75, 3.05) is 18.0 Å². The Morgan fingerprint density at radius 2 is 2.29 bits per heavy atom. The third kappa shape index (κ3) is 1.65. The number of halogens is 1. The molecule has 0 amide bonds. The van der Waals surface area contributed by atoms with Crippen LogP contribution in [0.2, 0.25) is 0 Å². The van der Waals surface area contributed by atoms with Gasteiger partial charge >= 0.3 is 0 Å². The number of rotatable bonds is 1. The highest BCUT2D eigenvalue weighted by Gasteiger charge is 2.21. The smallest absolute Gasteiger partial charge is 0.139 e. The Labute approximate surface area is 81.9 Å². The van der Waals surface area contributed by atoms with E-state index in [-0.39, 0.29) is 17.6 Å². The van der Waals surface area contributed by atoms with Crippen LogP contribution in [0, 0.1) is 5.82 Å². The van der Waals surface area contributed by atoms with Crippen LogP contribution in [0.4, 0.5) is 10.1 Å². The fourth-order valence-electron chi connectivity index (χ4n) is 1.76. The van der Waals surface area contributed by atoms with Crippen molar-refractivity contribution in [1.82, 2.24) is 0 Å². The van der Waals surface area contributed by atoms with Crippen molar-refractivity contribution >= 4 is 5.69 Å². The molecule has 1 aromatic carbocycles. The number of nitrogens with two attached hydrogens (primary N) is 1. The van der Waals surface area contributed by atoms with Crippen LogP contribution in [0.25, 0.3) is 0 Å². The molecule has 3 N–H and O–H groups in total. The minimum absolute atomic E-state index is 0.112. The molecule has 1 atom stereocenters. The minimum Gasteiger partial charge on any atom is -0.506 e. The fourth-order valence-corrected chi connectivity index (χ4v) is 1.76. The number of aromatic hydroxyl groups is 1. The van der Waals surface area contributed by atoms with Gasteiger partial charge in [-0.2, -0.15) is 0 Å². The lowest BCUT2D eigenvalue weighted by Crippen LogP contribution is -2.26. The van der Waals surface area contributed by atoms with Gasteiger partial charge in [-0.3, -0.25) is 0 Å². The second-order valence-electron chi connectivity index (χ2n) is 3.63. The van der Waals surface area contributed by atoms with E-state index in [1.165, 1.54) is 18.2 Å². The van der Waals surface area contributed by atoms with E-state index < -0.39 is 0 Å². The van der Waals surface area contributed by atoms with Crippen LogP contribution in [0.3, 0.4) is 0 Å². The SMILES string of the molecule is NC1CCN(c2cc(F)ccc2O)C1. The van der Waals surface area contributed by atoms with Crippen LogP contribution < -0.4 is 10.6 Å². The van der Waals surface area contributed by atoms with Gasteiger partial charge in [0.25, 0.3) is 0 Å². The van der Waals surface area contributed by atoms with Crippen molar-refractivity contribution < 1.29 is 9.50 Å². The average Bonchev–Trinajstić information content (AvgIpc) is 2.56. The zero-order valence-corrected chi connectivity index (χ0v) is 7.78. The summed E-state index contributed by atoms with van der Waals surface area (Å²) in [6.45, 7) is 1.45. The molecule has 1 aliphatic rings. The van der Waals surface area contributed by atoms with Crippen molar-refractivity contribution in [3.8, 4) is 5.75 Å². The van der Waals surface area contributed by atoms with E-state index in [0.717, 1.165) is 13.0 Å². The summed E-state index contributed by atoms with van der Waals surface area (Å²) in [6.07, 6.45) is 0.885. The molecule has 0 aliphatic carbocycles. The summed E-state index contributed by atoms with van der Waals surface area (Å²) >= 11 is 0. The second kappa shape index (κ2) is 3.46. The Morgan fingerprint density at radius 3 is 2.93 bits per heavy atom. The molecule has 0 aromatic heterocycles. The van der Waals surface area contributed by atoms with Crippen molar-refractivity contribution in [2.24, 2.45) is 5.73 Å². The maximum Gasteiger partial charge on any atom is 0.139 e. The van der Waals surface area contributed by atoms with Gasteiger partial charge in [-0.25, -0.2) is 4.39 Å². The highest BCUT2D eigenvalue weighted by atomic mass is 19.1. The summed E-state index contributed by atoms with van der Waals surface area (Å²) in [5.41, 5.74) is 6.27. The summed E-state index contributed by atoms with van der Waals surface area (Å²) in [5.74, 6) is -0.223. The number of anilines is 1.